The average Bonchev–Trinajstić information content (AvgIpc) is 2.42. The predicted octanol–water partition coefficient (Wildman–Crippen LogP) is 2.88. The summed E-state index contributed by atoms with van der Waals surface area (Å²) in [5.74, 6) is 0.124. The highest BCUT2D eigenvalue weighted by Crippen LogP contribution is 2.02. The monoisotopic (exact) mass is 246 g/mol. The zero-order valence-electron chi connectivity index (χ0n) is 11.1. The first-order valence-corrected chi connectivity index (χ1v) is 6.64. The van der Waals surface area contributed by atoms with Crippen LogP contribution >= 0.6 is 0 Å². The van der Waals surface area contributed by atoms with Gasteiger partial charge in [0.25, 0.3) is 0 Å². The molecule has 0 aliphatic rings. The normalized spacial score (nSPS) is 10.7. The standard InChI is InChI=1S/C15H22N2O/c1-2-15(18)17-13-8-5-3-4-6-10-14-11-7-9-12-16-14/h3,5,7,9,11-12H,2,4,6,8,10,13H2,1H3,(H,17,18)/b5-3+. The number of nitrogens with one attached hydrogen (secondary N) is 1. The number of unbranched alkanes of at least 4 members (excludes halogenated alkanes) is 1. The summed E-state index contributed by atoms with van der Waals surface area (Å²) >= 11 is 0. The summed E-state index contributed by atoms with van der Waals surface area (Å²) in [6, 6.07) is 6.02. The Morgan fingerprint density at radius 3 is 2.89 bits per heavy atom. The minimum absolute atomic E-state index is 0.124. The summed E-state index contributed by atoms with van der Waals surface area (Å²) in [4.78, 5) is 15.2. The van der Waals surface area contributed by atoms with Crippen molar-refractivity contribution in [2.24, 2.45) is 0 Å². The lowest BCUT2D eigenvalue weighted by atomic mass is 10.1. The third kappa shape index (κ3) is 6.84. The summed E-state index contributed by atoms with van der Waals surface area (Å²) in [6.45, 7) is 2.60. The first-order chi connectivity index (χ1) is 8.83. The maximum Gasteiger partial charge on any atom is 0.219 e. The fourth-order valence-electron chi connectivity index (χ4n) is 1.60. The third-order valence-electron chi connectivity index (χ3n) is 2.65. The van der Waals surface area contributed by atoms with Crippen LogP contribution in [-0.2, 0) is 11.2 Å². The first-order valence-electron chi connectivity index (χ1n) is 6.64. The minimum Gasteiger partial charge on any atom is -0.356 e. The highest BCUT2D eigenvalue weighted by molar-refractivity contribution is 5.75. The minimum atomic E-state index is 0.124. The van der Waals surface area contributed by atoms with E-state index in [9.17, 15) is 4.79 Å². The lowest BCUT2D eigenvalue weighted by Crippen LogP contribution is -2.22. The van der Waals surface area contributed by atoms with E-state index in [0.29, 0.717) is 6.42 Å². The molecule has 0 aliphatic heterocycles. The lowest BCUT2D eigenvalue weighted by Gasteiger charge is -1.99. The molecule has 0 fully saturated rings. The molecule has 0 radical (unpaired) electrons. The van der Waals surface area contributed by atoms with Crippen LogP contribution in [0.25, 0.3) is 0 Å². The number of allylic oxidation sites excluding steroid dienone is 1. The Morgan fingerprint density at radius 2 is 2.17 bits per heavy atom. The molecule has 0 aromatic carbocycles. The molecule has 3 heteroatoms. The van der Waals surface area contributed by atoms with E-state index < -0.39 is 0 Å². The summed E-state index contributed by atoms with van der Waals surface area (Å²) in [5.41, 5.74) is 1.15. The van der Waals surface area contributed by atoms with Gasteiger partial charge in [-0.25, -0.2) is 0 Å². The quantitative estimate of drug-likeness (QED) is 0.566. The molecular formula is C15H22N2O. The number of nitrogens with zero attached hydrogens (tertiary/aromatic N) is 1. The van der Waals surface area contributed by atoms with Crippen molar-refractivity contribution < 1.29 is 4.79 Å². The number of carbonyl (C=O) groups is 1. The van der Waals surface area contributed by atoms with Gasteiger partial charge in [-0.2, -0.15) is 0 Å². The van der Waals surface area contributed by atoms with Crippen LogP contribution in [0.5, 0.6) is 0 Å². The summed E-state index contributed by atoms with van der Waals surface area (Å²) in [6.07, 6.45) is 10.8. The zero-order valence-corrected chi connectivity index (χ0v) is 11.1. The van der Waals surface area contributed by atoms with Gasteiger partial charge in [0.2, 0.25) is 5.91 Å². The highest BCUT2D eigenvalue weighted by Gasteiger charge is 1.93. The van der Waals surface area contributed by atoms with Gasteiger partial charge in [-0.05, 0) is 37.8 Å². The molecule has 0 saturated heterocycles. The van der Waals surface area contributed by atoms with Crippen molar-refractivity contribution in [1.29, 1.82) is 0 Å². The number of hydrogen-bond acceptors (Lipinski definition) is 2. The molecule has 1 aromatic heterocycles. The zero-order chi connectivity index (χ0) is 13.1. The van der Waals surface area contributed by atoms with Gasteiger partial charge >= 0.3 is 0 Å². The van der Waals surface area contributed by atoms with Gasteiger partial charge in [0.05, 0.1) is 0 Å². The van der Waals surface area contributed by atoms with Crippen molar-refractivity contribution in [3.05, 3.63) is 42.2 Å². The Labute approximate surface area is 109 Å². The van der Waals surface area contributed by atoms with Crippen LogP contribution in [0.3, 0.4) is 0 Å². The lowest BCUT2D eigenvalue weighted by molar-refractivity contribution is -0.120. The van der Waals surface area contributed by atoms with Crippen molar-refractivity contribution >= 4 is 5.91 Å². The van der Waals surface area contributed by atoms with E-state index >= 15 is 0 Å². The molecular weight excluding hydrogens is 224 g/mol. The summed E-state index contributed by atoms with van der Waals surface area (Å²) in [5, 5.41) is 2.85. The van der Waals surface area contributed by atoms with Gasteiger partial charge in [-0.15, -0.1) is 0 Å². The van der Waals surface area contributed by atoms with Crippen molar-refractivity contribution in [2.75, 3.05) is 6.54 Å². The molecule has 0 bridgehead atoms. The van der Waals surface area contributed by atoms with Gasteiger partial charge in [0, 0.05) is 24.9 Å². The Kier molecular flexibility index (Phi) is 7.53. The second-order valence-corrected chi connectivity index (χ2v) is 4.18. The molecule has 0 spiro atoms. The topological polar surface area (TPSA) is 42.0 Å². The molecule has 1 amide bonds. The van der Waals surface area contributed by atoms with Gasteiger partial charge < -0.3 is 5.32 Å². The van der Waals surface area contributed by atoms with Gasteiger partial charge in [0.1, 0.15) is 0 Å². The predicted molar refractivity (Wildman–Crippen MR) is 74.2 cm³/mol. The highest BCUT2D eigenvalue weighted by atomic mass is 16.1. The fourth-order valence-corrected chi connectivity index (χ4v) is 1.60. The van der Waals surface area contributed by atoms with Gasteiger partial charge in [-0.3, -0.25) is 9.78 Å². The molecule has 3 nitrogen and oxygen atoms in total. The summed E-state index contributed by atoms with van der Waals surface area (Å²) < 4.78 is 0. The first kappa shape index (κ1) is 14.4. The second kappa shape index (κ2) is 9.40. The van der Waals surface area contributed by atoms with Crippen LogP contribution in [0.1, 0.15) is 38.3 Å². The molecule has 1 rings (SSSR count). The molecule has 0 aliphatic carbocycles. The SMILES string of the molecule is CCC(=O)NCC/C=C/CCCc1ccccn1. The number of aryl methyl sites for hydroxylation is 1. The van der Waals surface area contributed by atoms with Crippen LogP contribution in [0, 0.1) is 0 Å². The maximum absolute atomic E-state index is 11.0. The number of pyridine rings is 1. The van der Waals surface area contributed by atoms with Crippen LogP contribution < -0.4 is 5.32 Å². The number of aromatic nitrogens is 1. The molecule has 1 N–H and O–H groups in total. The number of rotatable bonds is 8. The second-order valence-electron chi connectivity index (χ2n) is 4.18. The Balaban J connectivity index is 1.99. The Hall–Kier alpha value is -1.64. The molecule has 1 aromatic rings. The van der Waals surface area contributed by atoms with Crippen LogP contribution in [0.4, 0.5) is 0 Å². The fraction of sp³-hybridized carbons (Fsp3) is 0.467. The number of hydrogen-bond donors (Lipinski definition) is 1. The van der Waals surface area contributed by atoms with Crippen molar-refractivity contribution in [2.45, 2.75) is 39.0 Å². The average molecular weight is 246 g/mol. The number of amides is 1. The van der Waals surface area contributed by atoms with E-state index in [1.54, 1.807) is 0 Å². The molecule has 0 unspecified atom stereocenters. The van der Waals surface area contributed by atoms with E-state index in [-0.39, 0.29) is 5.91 Å². The van der Waals surface area contributed by atoms with E-state index in [2.05, 4.69) is 28.5 Å². The molecule has 18 heavy (non-hydrogen) atoms. The number of carbonyl (C=O) groups excluding carboxylic acids is 1. The van der Waals surface area contributed by atoms with E-state index in [1.165, 1.54) is 0 Å². The van der Waals surface area contributed by atoms with Gasteiger partial charge in [-0.1, -0.05) is 25.1 Å². The largest absolute Gasteiger partial charge is 0.356 e. The van der Waals surface area contributed by atoms with Gasteiger partial charge in [0.15, 0.2) is 0 Å². The molecule has 0 saturated carbocycles. The molecule has 1 heterocycles. The Morgan fingerprint density at radius 1 is 1.33 bits per heavy atom. The van der Waals surface area contributed by atoms with Crippen molar-refractivity contribution in [3.63, 3.8) is 0 Å². The van der Waals surface area contributed by atoms with Crippen LogP contribution in [0.2, 0.25) is 0 Å². The van der Waals surface area contributed by atoms with E-state index in [1.807, 2.05) is 25.3 Å². The summed E-state index contributed by atoms with van der Waals surface area (Å²) in [7, 11) is 0. The molecule has 98 valence electrons. The Bertz CT molecular complexity index is 360. The third-order valence-corrected chi connectivity index (χ3v) is 2.65. The van der Waals surface area contributed by atoms with Crippen LogP contribution in [-0.4, -0.2) is 17.4 Å². The van der Waals surface area contributed by atoms with E-state index in [4.69, 9.17) is 0 Å². The smallest absolute Gasteiger partial charge is 0.219 e. The van der Waals surface area contributed by atoms with Crippen molar-refractivity contribution in [3.8, 4) is 0 Å². The molecule has 0 atom stereocenters. The van der Waals surface area contributed by atoms with Crippen LogP contribution in [0.15, 0.2) is 36.5 Å². The van der Waals surface area contributed by atoms with Crippen molar-refractivity contribution in [1.82, 2.24) is 10.3 Å². The van der Waals surface area contributed by atoms with E-state index in [0.717, 1.165) is 37.9 Å². The maximum atomic E-state index is 11.0.